The smallest absolute Gasteiger partial charge is 0.320 e. The average molecular weight is 368 g/mol. The van der Waals surface area contributed by atoms with Gasteiger partial charge in [0.15, 0.2) is 0 Å². The first-order chi connectivity index (χ1) is 13.2. The molecule has 1 fully saturated rings. The number of carbonyl (C=O) groups excluding carboxylic acids is 1. The standard InChI is InChI=1S/C22H27NO2.C2H6/c1-17(12-19-8-5-9-21(13-19)20-10-11-20)14-23-15-22(24)25-16-18-6-3-2-4-7-18;1-2/h2-9,13,17,20,23H,10-12,14-16H2,1H3;1-2H3. The molecule has 1 atom stereocenters. The van der Waals surface area contributed by atoms with Gasteiger partial charge in [0.05, 0.1) is 6.54 Å². The number of carbonyl (C=O) groups is 1. The van der Waals surface area contributed by atoms with E-state index in [-0.39, 0.29) is 12.5 Å². The summed E-state index contributed by atoms with van der Waals surface area (Å²) in [4.78, 5) is 11.8. The second-order valence-corrected chi connectivity index (χ2v) is 7.11. The number of ether oxygens (including phenoxy) is 1. The van der Waals surface area contributed by atoms with Crippen molar-refractivity contribution in [1.29, 1.82) is 0 Å². The van der Waals surface area contributed by atoms with E-state index in [0.29, 0.717) is 12.5 Å². The Morgan fingerprint density at radius 1 is 1.07 bits per heavy atom. The van der Waals surface area contributed by atoms with Crippen LogP contribution in [0.15, 0.2) is 54.6 Å². The van der Waals surface area contributed by atoms with Gasteiger partial charge in [0.25, 0.3) is 0 Å². The van der Waals surface area contributed by atoms with Crippen LogP contribution in [0.2, 0.25) is 0 Å². The topological polar surface area (TPSA) is 38.3 Å². The van der Waals surface area contributed by atoms with Gasteiger partial charge in [-0.25, -0.2) is 0 Å². The number of nitrogens with one attached hydrogen (secondary N) is 1. The molecule has 0 amide bonds. The largest absolute Gasteiger partial charge is 0.460 e. The molecule has 0 aromatic heterocycles. The lowest BCUT2D eigenvalue weighted by Crippen LogP contribution is -2.29. The fourth-order valence-corrected chi connectivity index (χ4v) is 3.07. The van der Waals surface area contributed by atoms with Crippen molar-refractivity contribution in [2.24, 2.45) is 5.92 Å². The summed E-state index contributed by atoms with van der Waals surface area (Å²) >= 11 is 0. The zero-order valence-corrected chi connectivity index (χ0v) is 16.9. The van der Waals surface area contributed by atoms with Crippen molar-refractivity contribution < 1.29 is 9.53 Å². The summed E-state index contributed by atoms with van der Waals surface area (Å²) in [7, 11) is 0. The van der Waals surface area contributed by atoms with E-state index >= 15 is 0 Å². The van der Waals surface area contributed by atoms with E-state index in [9.17, 15) is 4.79 Å². The quantitative estimate of drug-likeness (QED) is 0.627. The Hall–Kier alpha value is -2.13. The van der Waals surface area contributed by atoms with Gasteiger partial charge in [0, 0.05) is 0 Å². The van der Waals surface area contributed by atoms with Crippen LogP contribution in [0, 0.1) is 5.92 Å². The fraction of sp³-hybridized carbons (Fsp3) is 0.458. The van der Waals surface area contributed by atoms with Crippen molar-refractivity contribution in [2.75, 3.05) is 13.1 Å². The maximum atomic E-state index is 11.8. The normalized spacial score (nSPS) is 14.0. The molecule has 1 aliphatic carbocycles. The van der Waals surface area contributed by atoms with E-state index in [1.165, 1.54) is 24.0 Å². The van der Waals surface area contributed by atoms with Gasteiger partial charge >= 0.3 is 5.97 Å². The summed E-state index contributed by atoms with van der Waals surface area (Å²) in [6.45, 7) is 7.63. The predicted octanol–water partition coefficient (Wildman–Crippen LogP) is 5.10. The SMILES string of the molecule is CC.CC(CNCC(=O)OCc1ccccc1)Cc1cccc(C2CC2)c1. The van der Waals surface area contributed by atoms with Gasteiger partial charge in [-0.15, -0.1) is 0 Å². The fourth-order valence-electron chi connectivity index (χ4n) is 3.07. The van der Waals surface area contributed by atoms with E-state index in [1.54, 1.807) is 0 Å². The van der Waals surface area contributed by atoms with Crippen molar-refractivity contribution in [3.8, 4) is 0 Å². The first-order valence-corrected chi connectivity index (χ1v) is 10.2. The lowest BCUT2D eigenvalue weighted by atomic mass is 9.98. The molecule has 2 aromatic rings. The lowest BCUT2D eigenvalue weighted by Gasteiger charge is -2.13. The van der Waals surface area contributed by atoms with Crippen LogP contribution in [0.5, 0.6) is 0 Å². The third-order valence-corrected chi connectivity index (χ3v) is 4.59. The summed E-state index contributed by atoms with van der Waals surface area (Å²) in [5.74, 6) is 1.08. The van der Waals surface area contributed by atoms with Crippen molar-refractivity contribution >= 4 is 5.97 Å². The highest BCUT2D eigenvalue weighted by Crippen LogP contribution is 2.40. The van der Waals surface area contributed by atoms with E-state index < -0.39 is 0 Å². The molecule has 1 saturated carbocycles. The minimum atomic E-state index is -0.202. The molecule has 0 bridgehead atoms. The molecule has 1 aliphatic rings. The summed E-state index contributed by atoms with van der Waals surface area (Å²) in [6.07, 6.45) is 3.71. The number of hydrogen-bond donors (Lipinski definition) is 1. The van der Waals surface area contributed by atoms with Gasteiger partial charge < -0.3 is 10.1 Å². The summed E-state index contributed by atoms with van der Waals surface area (Å²) in [5, 5.41) is 3.22. The van der Waals surface area contributed by atoms with E-state index in [4.69, 9.17) is 4.74 Å². The Labute approximate surface area is 164 Å². The van der Waals surface area contributed by atoms with Crippen molar-refractivity contribution in [3.05, 3.63) is 71.3 Å². The third kappa shape index (κ3) is 7.96. The van der Waals surface area contributed by atoms with E-state index in [1.807, 2.05) is 44.2 Å². The summed E-state index contributed by atoms with van der Waals surface area (Å²) in [5.41, 5.74) is 3.90. The molecule has 1 unspecified atom stereocenters. The minimum Gasteiger partial charge on any atom is -0.460 e. The van der Waals surface area contributed by atoms with Gasteiger partial charge in [-0.05, 0) is 54.3 Å². The summed E-state index contributed by atoms with van der Waals surface area (Å²) in [6, 6.07) is 18.7. The Kier molecular flexibility index (Phi) is 9.06. The highest BCUT2D eigenvalue weighted by molar-refractivity contribution is 5.71. The molecule has 3 heteroatoms. The molecular weight excluding hydrogens is 334 g/mol. The first-order valence-electron chi connectivity index (χ1n) is 10.2. The van der Waals surface area contributed by atoms with Crippen LogP contribution in [-0.4, -0.2) is 19.1 Å². The molecule has 0 saturated heterocycles. The molecule has 0 heterocycles. The molecule has 3 rings (SSSR count). The number of benzene rings is 2. The average Bonchev–Trinajstić information content (AvgIpc) is 3.54. The number of esters is 1. The monoisotopic (exact) mass is 367 g/mol. The van der Waals surface area contributed by atoms with Gasteiger partial charge in [0.2, 0.25) is 0 Å². The van der Waals surface area contributed by atoms with E-state index in [2.05, 4.69) is 36.5 Å². The highest BCUT2D eigenvalue weighted by Gasteiger charge is 2.23. The van der Waals surface area contributed by atoms with Gasteiger partial charge in [-0.3, -0.25) is 4.79 Å². The van der Waals surface area contributed by atoms with Gasteiger partial charge in [0.1, 0.15) is 6.61 Å². The molecule has 3 nitrogen and oxygen atoms in total. The molecule has 0 spiro atoms. The molecule has 0 aliphatic heterocycles. The predicted molar refractivity (Wildman–Crippen MR) is 112 cm³/mol. The van der Waals surface area contributed by atoms with Crippen LogP contribution in [0.25, 0.3) is 0 Å². The van der Waals surface area contributed by atoms with Crippen LogP contribution in [0.3, 0.4) is 0 Å². The maximum absolute atomic E-state index is 11.8. The van der Waals surface area contributed by atoms with Crippen molar-refractivity contribution in [1.82, 2.24) is 5.32 Å². The molecule has 1 N–H and O–H groups in total. The lowest BCUT2D eigenvalue weighted by molar-refractivity contribution is -0.143. The zero-order valence-electron chi connectivity index (χ0n) is 16.9. The second kappa shape index (κ2) is 11.6. The Morgan fingerprint density at radius 3 is 2.48 bits per heavy atom. The van der Waals surface area contributed by atoms with Crippen LogP contribution >= 0.6 is 0 Å². The van der Waals surface area contributed by atoms with Gasteiger partial charge in [-0.2, -0.15) is 0 Å². The third-order valence-electron chi connectivity index (χ3n) is 4.59. The maximum Gasteiger partial charge on any atom is 0.320 e. The molecule has 0 radical (unpaired) electrons. The number of hydrogen-bond acceptors (Lipinski definition) is 3. The zero-order chi connectivity index (χ0) is 19.5. The summed E-state index contributed by atoms with van der Waals surface area (Å²) < 4.78 is 5.28. The van der Waals surface area contributed by atoms with Crippen molar-refractivity contribution in [3.63, 3.8) is 0 Å². The van der Waals surface area contributed by atoms with Crippen LogP contribution in [0.4, 0.5) is 0 Å². The molecule has 27 heavy (non-hydrogen) atoms. The van der Waals surface area contributed by atoms with Crippen molar-refractivity contribution in [2.45, 2.75) is 52.6 Å². The van der Waals surface area contributed by atoms with Crippen LogP contribution < -0.4 is 5.32 Å². The Balaban J connectivity index is 0.00000126. The molecular formula is C24H33NO2. The molecule has 146 valence electrons. The Morgan fingerprint density at radius 2 is 1.78 bits per heavy atom. The first kappa shape index (κ1) is 21.2. The Bertz CT molecular complexity index is 680. The van der Waals surface area contributed by atoms with Crippen LogP contribution in [0.1, 0.15) is 56.2 Å². The minimum absolute atomic E-state index is 0.202. The van der Waals surface area contributed by atoms with Crippen LogP contribution in [-0.2, 0) is 22.6 Å². The molecule has 2 aromatic carbocycles. The second-order valence-electron chi connectivity index (χ2n) is 7.11. The highest BCUT2D eigenvalue weighted by atomic mass is 16.5. The van der Waals surface area contributed by atoms with E-state index in [0.717, 1.165) is 24.4 Å². The van der Waals surface area contributed by atoms with Gasteiger partial charge in [-0.1, -0.05) is 75.4 Å². The number of rotatable bonds is 9.